The zero-order chi connectivity index (χ0) is 10.6. The van der Waals surface area contributed by atoms with Gasteiger partial charge in [-0.3, -0.25) is 4.98 Å². The molecule has 0 atom stereocenters. The van der Waals surface area contributed by atoms with Crippen LogP contribution in [0.3, 0.4) is 0 Å². The molecule has 14 heavy (non-hydrogen) atoms. The molecule has 0 amide bonds. The maximum Gasteiger partial charge on any atom is 0.490 e. The first kappa shape index (κ1) is 11.2. The van der Waals surface area contributed by atoms with Gasteiger partial charge in [-0.05, 0) is 20.2 Å². The molecule has 1 heterocycles. The first-order chi connectivity index (χ1) is 6.59. The molecule has 1 rings (SSSR count). The average Bonchev–Trinajstić information content (AvgIpc) is 2.15. The maximum absolute atomic E-state index is 8.84. The van der Waals surface area contributed by atoms with Crippen LogP contribution in [-0.2, 0) is 6.42 Å². The van der Waals surface area contributed by atoms with Gasteiger partial charge in [0.2, 0.25) is 0 Å². The van der Waals surface area contributed by atoms with E-state index in [0.29, 0.717) is 5.46 Å². The van der Waals surface area contributed by atoms with E-state index in [1.165, 1.54) is 6.20 Å². The predicted octanol–water partition coefficient (Wildman–Crippen LogP) is -1.13. The predicted molar refractivity (Wildman–Crippen MR) is 56.3 cm³/mol. The van der Waals surface area contributed by atoms with Crippen molar-refractivity contribution in [1.29, 1.82) is 0 Å². The summed E-state index contributed by atoms with van der Waals surface area (Å²) >= 11 is 0. The molecule has 0 aliphatic heterocycles. The second-order valence-corrected chi connectivity index (χ2v) is 3.51. The Morgan fingerprint density at radius 2 is 2.07 bits per heavy atom. The number of pyridine rings is 1. The molecule has 0 aliphatic rings. The fourth-order valence-corrected chi connectivity index (χ4v) is 1.07. The van der Waals surface area contributed by atoms with E-state index in [9.17, 15) is 0 Å². The highest BCUT2D eigenvalue weighted by atomic mass is 16.4. The molecule has 4 nitrogen and oxygen atoms in total. The summed E-state index contributed by atoms with van der Waals surface area (Å²) in [6.45, 7) is 0.939. The number of hydrogen-bond donors (Lipinski definition) is 2. The average molecular weight is 194 g/mol. The second-order valence-electron chi connectivity index (χ2n) is 3.51. The van der Waals surface area contributed by atoms with Crippen LogP contribution in [0.5, 0.6) is 0 Å². The SMILES string of the molecule is CN(C)CCc1ccc(B(O)O)cn1. The lowest BCUT2D eigenvalue weighted by Crippen LogP contribution is -2.30. The molecule has 2 N–H and O–H groups in total. The van der Waals surface area contributed by atoms with Crippen LogP contribution in [0.1, 0.15) is 5.69 Å². The van der Waals surface area contributed by atoms with Crippen molar-refractivity contribution >= 4 is 12.6 Å². The first-order valence-corrected chi connectivity index (χ1v) is 4.55. The number of hydrogen-bond acceptors (Lipinski definition) is 4. The maximum atomic E-state index is 8.84. The zero-order valence-corrected chi connectivity index (χ0v) is 8.51. The Kier molecular flexibility index (Phi) is 4.07. The van der Waals surface area contributed by atoms with Crippen LogP contribution in [0.25, 0.3) is 0 Å². The van der Waals surface area contributed by atoms with Crippen molar-refractivity contribution in [3.63, 3.8) is 0 Å². The summed E-state index contributed by atoms with van der Waals surface area (Å²) in [7, 11) is 2.59. The van der Waals surface area contributed by atoms with Crippen LogP contribution >= 0.6 is 0 Å². The van der Waals surface area contributed by atoms with E-state index in [0.717, 1.165) is 18.7 Å². The minimum absolute atomic E-state index is 0.429. The van der Waals surface area contributed by atoms with Crippen molar-refractivity contribution in [3.05, 3.63) is 24.0 Å². The van der Waals surface area contributed by atoms with Gasteiger partial charge in [-0.15, -0.1) is 0 Å². The summed E-state index contributed by atoms with van der Waals surface area (Å²) in [4.78, 5) is 6.21. The van der Waals surface area contributed by atoms with E-state index in [1.54, 1.807) is 6.07 Å². The number of aromatic nitrogens is 1. The van der Waals surface area contributed by atoms with Crippen LogP contribution in [0.2, 0.25) is 0 Å². The number of nitrogens with zero attached hydrogens (tertiary/aromatic N) is 2. The van der Waals surface area contributed by atoms with Crippen molar-refractivity contribution in [2.24, 2.45) is 0 Å². The lowest BCUT2D eigenvalue weighted by Gasteiger charge is -2.08. The zero-order valence-electron chi connectivity index (χ0n) is 8.51. The highest BCUT2D eigenvalue weighted by Gasteiger charge is 2.10. The Hall–Kier alpha value is -0.905. The van der Waals surface area contributed by atoms with E-state index in [1.807, 2.05) is 20.2 Å². The fraction of sp³-hybridized carbons (Fsp3) is 0.444. The third kappa shape index (κ3) is 3.45. The van der Waals surface area contributed by atoms with E-state index in [4.69, 9.17) is 10.0 Å². The number of rotatable bonds is 4. The van der Waals surface area contributed by atoms with Crippen LogP contribution in [-0.4, -0.2) is 47.7 Å². The third-order valence-corrected chi connectivity index (χ3v) is 1.96. The van der Waals surface area contributed by atoms with Crippen LogP contribution < -0.4 is 5.46 Å². The van der Waals surface area contributed by atoms with Gasteiger partial charge in [-0.2, -0.15) is 0 Å². The van der Waals surface area contributed by atoms with Crippen LogP contribution in [0, 0.1) is 0 Å². The van der Waals surface area contributed by atoms with Crippen molar-refractivity contribution in [2.75, 3.05) is 20.6 Å². The third-order valence-electron chi connectivity index (χ3n) is 1.96. The molecule has 0 fully saturated rings. The number of likely N-dealkylation sites (N-methyl/N-ethyl adjacent to an activating group) is 1. The normalized spacial score (nSPS) is 10.6. The Morgan fingerprint density at radius 1 is 1.36 bits per heavy atom. The molecule has 1 aromatic rings. The molecule has 0 saturated heterocycles. The molecule has 76 valence electrons. The molecule has 0 radical (unpaired) electrons. The van der Waals surface area contributed by atoms with Gasteiger partial charge in [0.1, 0.15) is 0 Å². The van der Waals surface area contributed by atoms with Gasteiger partial charge in [0.25, 0.3) is 0 Å². The smallest absolute Gasteiger partial charge is 0.423 e. The summed E-state index contributed by atoms with van der Waals surface area (Å²) in [5.74, 6) is 0. The van der Waals surface area contributed by atoms with Gasteiger partial charge < -0.3 is 14.9 Å². The van der Waals surface area contributed by atoms with Crippen molar-refractivity contribution in [2.45, 2.75) is 6.42 Å². The molecular weight excluding hydrogens is 179 g/mol. The van der Waals surface area contributed by atoms with Gasteiger partial charge in [0.15, 0.2) is 0 Å². The van der Waals surface area contributed by atoms with Gasteiger partial charge in [0, 0.05) is 30.3 Å². The molecule has 0 aromatic carbocycles. The Morgan fingerprint density at radius 3 is 2.50 bits per heavy atom. The molecular formula is C9H15BN2O2. The second kappa shape index (κ2) is 5.09. The van der Waals surface area contributed by atoms with Gasteiger partial charge in [-0.1, -0.05) is 6.07 Å². The largest absolute Gasteiger partial charge is 0.490 e. The van der Waals surface area contributed by atoms with Crippen molar-refractivity contribution in [3.8, 4) is 0 Å². The fourth-order valence-electron chi connectivity index (χ4n) is 1.07. The summed E-state index contributed by atoms with van der Waals surface area (Å²) in [5.41, 5.74) is 1.39. The molecule has 1 aromatic heterocycles. The summed E-state index contributed by atoms with van der Waals surface area (Å²) in [6.07, 6.45) is 2.37. The lowest BCUT2D eigenvalue weighted by molar-refractivity contribution is 0.411. The van der Waals surface area contributed by atoms with Crippen LogP contribution in [0.15, 0.2) is 18.3 Å². The van der Waals surface area contributed by atoms with Gasteiger partial charge in [0.05, 0.1) is 0 Å². The van der Waals surface area contributed by atoms with E-state index >= 15 is 0 Å². The minimum Gasteiger partial charge on any atom is -0.423 e. The standard InChI is InChI=1S/C9H15BN2O2/c1-12(2)6-5-9-4-3-8(7-11-9)10(13)14/h3-4,7,13-14H,5-6H2,1-2H3. The first-order valence-electron chi connectivity index (χ1n) is 4.55. The highest BCUT2D eigenvalue weighted by molar-refractivity contribution is 6.58. The van der Waals surface area contributed by atoms with E-state index in [2.05, 4.69) is 9.88 Å². The monoisotopic (exact) mass is 194 g/mol. The Bertz CT molecular complexity index is 275. The molecule has 0 spiro atoms. The summed E-state index contributed by atoms with van der Waals surface area (Å²) < 4.78 is 0. The quantitative estimate of drug-likeness (QED) is 0.595. The Balaban J connectivity index is 2.55. The van der Waals surface area contributed by atoms with Gasteiger partial charge >= 0.3 is 7.12 Å². The molecule has 0 unspecified atom stereocenters. The summed E-state index contributed by atoms with van der Waals surface area (Å²) in [6, 6.07) is 3.50. The van der Waals surface area contributed by atoms with Gasteiger partial charge in [-0.25, -0.2) is 0 Å². The van der Waals surface area contributed by atoms with Crippen LogP contribution in [0.4, 0.5) is 0 Å². The Labute approximate surface area is 84.4 Å². The minimum atomic E-state index is -1.43. The van der Waals surface area contributed by atoms with E-state index < -0.39 is 7.12 Å². The molecule has 0 saturated carbocycles. The topological polar surface area (TPSA) is 56.6 Å². The molecule has 0 bridgehead atoms. The summed E-state index contributed by atoms with van der Waals surface area (Å²) in [5, 5.41) is 17.7. The van der Waals surface area contributed by atoms with Crippen molar-refractivity contribution < 1.29 is 10.0 Å². The van der Waals surface area contributed by atoms with E-state index in [-0.39, 0.29) is 0 Å². The molecule has 0 aliphatic carbocycles. The van der Waals surface area contributed by atoms with Crippen molar-refractivity contribution in [1.82, 2.24) is 9.88 Å². The lowest BCUT2D eigenvalue weighted by atomic mass is 9.81. The molecule has 5 heteroatoms. The highest BCUT2D eigenvalue weighted by Crippen LogP contribution is 1.94.